The van der Waals surface area contributed by atoms with Crippen molar-refractivity contribution in [2.24, 2.45) is 16.8 Å². The fourth-order valence-electron chi connectivity index (χ4n) is 3.26. The van der Waals surface area contributed by atoms with E-state index in [1.807, 2.05) is 0 Å². The van der Waals surface area contributed by atoms with E-state index in [1.165, 1.54) is 68.9 Å². The molecule has 0 aliphatic carbocycles. The second kappa shape index (κ2) is 13.6. The highest BCUT2D eigenvalue weighted by molar-refractivity contribution is 5.85. The van der Waals surface area contributed by atoms with E-state index in [1.54, 1.807) is 0 Å². The van der Waals surface area contributed by atoms with Crippen LogP contribution in [0.25, 0.3) is 0 Å². The van der Waals surface area contributed by atoms with Crippen molar-refractivity contribution in [1.82, 2.24) is 5.32 Å². The molecule has 0 radical (unpaired) electrons. The van der Waals surface area contributed by atoms with E-state index in [9.17, 15) is 0 Å². The van der Waals surface area contributed by atoms with Crippen LogP contribution in [0.4, 0.5) is 0 Å². The molecular formula is C22H39N3O. The number of amidine groups is 1. The van der Waals surface area contributed by atoms with Crippen LogP contribution in [0.2, 0.25) is 0 Å². The average molecular weight is 362 g/mol. The van der Waals surface area contributed by atoms with Gasteiger partial charge in [-0.25, -0.2) is 0 Å². The van der Waals surface area contributed by atoms with Gasteiger partial charge in [-0.1, -0.05) is 95.1 Å². The van der Waals surface area contributed by atoms with Crippen molar-refractivity contribution >= 4 is 5.84 Å². The van der Waals surface area contributed by atoms with E-state index in [0.717, 1.165) is 6.54 Å². The number of nitrogens with one attached hydrogen (secondary N) is 1. The summed E-state index contributed by atoms with van der Waals surface area (Å²) in [6.45, 7) is 7.10. The van der Waals surface area contributed by atoms with Gasteiger partial charge < -0.3 is 16.3 Å². The lowest BCUT2D eigenvalue weighted by Gasteiger charge is -2.21. The van der Waals surface area contributed by atoms with Gasteiger partial charge in [0.2, 0.25) is 0 Å². The van der Waals surface area contributed by atoms with Crippen LogP contribution in [0.1, 0.15) is 83.3 Å². The predicted molar refractivity (Wildman–Crippen MR) is 112 cm³/mol. The van der Waals surface area contributed by atoms with E-state index in [2.05, 4.69) is 55.5 Å². The molecule has 0 aliphatic rings. The minimum absolute atomic E-state index is 0.114. The Kier molecular flexibility index (Phi) is 11.8. The first-order valence-corrected chi connectivity index (χ1v) is 10.4. The summed E-state index contributed by atoms with van der Waals surface area (Å²) < 4.78 is 0. The van der Waals surface area contributed by atoms with Gasteiger partial charge in [0.15, 0.2) is 5.84 Å². The minimum atomic E-state index is -0.114. The van der Waals surface area contributed by atoms with Crippen LogP contribution in [0.15, 0.2) is 29.4 Å². The molecule has 1 aromatic carbocycles. The normalized spacial score (nSPS) is 13.3. The third kappa shape index (κ3) is 9.23. The first-order valence-electron chi connectivity index (χ1n) is 10.4. The van der Waals surface area contributed by atoms with E-state index >= 15 is 0 Å². The number of hydrogen-bond acceptors (Lipinski definition) is 3. The molecule has 0 spiro atoms. The zero-order valence-corrected chi connectivity index (χ0v) is 17.0. The van der Waals surface area contributed by atoms with Gasteiger partial charge in [-0.05, 0) is 29.9 Å². The van der Waals surface area contributed by atoms with Crippen LogP contribution in [-0.2, 0) is 13.0 Å². The topological polar surface area (TPSA) is 70.6 Å². The monoisotopic (exact) mass is 361 g/mol. The summed E-state index contributed by atoms with van der Waals surface area (Å²) in [5, 5.41) is 15.4. The van der Waals surface area contributed by atoms with Gasteiger partial charge in [-0.3, -0.25) is 0 Å². The van der Waals surface area contributed by atoms with Crippen LogP contribution in [0.3, 0.4) is 0 Å². The highest BCUT2D eigenvalue weighted by Gasteiger charge is 2.17. The minimum Gasteiger partial charge on any atom is -0.409 e. The van der Waals surface area contributed by atoms with Gasteiger partial charge >= 0.3 is 0 Å². The van der Waals surface area contributed by atoms with Crippen molar-refractivity contribution in [3.8, 4) is 0 Å². The fraction of sp³-hybridized carbons (Fsp3) is 0.682. The summed E-state index contributed by atoms with van der Waals surface area (Å²) in [6, 6.07) is 8.70. The zero-order chi connectivity index (χ0) is 19.2. The molecule has 0 bridgehead atoms. The molecule has 1 aromatic rings. The highest BCUT2D eigenvalue weighted by Crippen LogP contribution is 2.12. The number of aryl methyl sites for hydroxylation is 1. The van der Waals surface area contributed by atoms with Crippen LogP contribution in [-0.4, -0.2) is 17.1 Å². The Morgan fingerprint density at radius 2 is 1.50 bits per heavy atom. The second-order valence-corrected chi connectivity index (χ2v) is 7.67. The Labute approximate surface area is 160 Å². The third-order valence-corrected chi connectivity index (χ3v) is 4.97. The lowest BCUT2D eigenvalue weighted by Crippen LogP contribution is -2.44. The number of hydrogen-bond donors (Lipinski definition) is 3. The molecule has 1 rings (SSSR count). The summed E-state index contributed by atoms with van der Waals surface area (Å²) in [6.07, 6.45) is 12.1. The molecule has 0 heterocycles. The lowest BCUT2D eigenvalue weighted by atomic mass is 10.0. The quantitative estimate of drug-likeness (QED) is 0.140. The largest absolute Gasteiger partial charge is 0.409 e. The third-order valence-electron chi connectivity index (χ3n) is 4.97. The van der Waals surface area contributed by atoms with Crippen LogP contribution < -0.4 is 11.1 Å². The van der Waals surface area contributed by atoms with Gasteiger partial charge in [0.25, 0.3) is 0 Å². The number of rotatable bonds is 14. The number of benzene rings is 1. The van der Waals surface area contributed by atoms with Crippen LogP contribution in [0.5, 0.6) is 0 Å². The van der Waals surface area contributed by atoms with Crippen molar-refractivity contribution in [3.63, 3.8) is 0 Å². The molecule has 0 amide bonds. The Bertz CT molecular complexity index is 497. The molecule has 0 saturated carbocycles. The Hall–Kier alpha value is -1.55. The fourth-order valence-corrected chi connectivity index (χ4v) is 3.26. The molecule has 1 atom stereocenters. The summed E-state index contributed by atoms with van der Waals surface area (Å²) in [5.41, 5.74) is 8.39. The first-order chi connectivity index (χ1) is 12.6. The van der Waals surface area contributed by atoms with Crippen molar-refractivity contribution in [2.45, 2.75) is 91.1 Å². The molecule has 0 fully saturated rings. The Morgan fingerprint density at radius 1 is 0.962 bits per heavy atom. The van der Waals surface area contributed by atoms with Gasteiger partial charge in [0, 0.05) is 6.54 Å². The van der Waals surface area contributed by atoms with Crippen molar-refractivity contribution in [3.05, 3.63) is 35.4 Å². The summed E-state index contributed by atoms with van der Waals surface area (Å²) in [7, 11) is 0. The molecule has 26 heavy (non-hydrogen) atoms. The van der Waals surface area contributed by atoms with E-state index in [-0.39, 0.29) is 17.8 Å². The molecule has 0 aliphatic heterocycles. The number of nitrogens with zero attached hydrogens (tertiary/aromatic N) is 1. The van der Waals surface area contributed by atoms with Crippen LogP contribution in [0, 0.1) is 5.92 Å². The van der Waals surface area contributed by atoms with Gasteiger partial charge in [0.05, 0.1) is 6.04 Å². The molecular weight excluding hydrogens is 322 g/mol. The second-order valence-electron chi connectivity index (χ2n) is 7.67. The van der Waals surface area contributed by atoms with Crippen molar-refractivity contribution in [1.29, 1.82) is 0 Å². The SMILES string of the molecule is CCCCCCCCCCc1ccc(CNC(/C(N)=N\O)C(C)C)cc1. The maximum atomic E-state index is 8.89. The maximum Gasteiger partial charge on any atom is 0.156 e. The summed E-state index contributed by atoms with van der Waals surface area (Å²) in [5.74, 6) is 0.512. The molecule has 0 aromatic heterocycles. The summed E-state index contributed by atoms with van der Waals surface area (Å²) >= 11 is 0. The first kappa shape index (κ1) is 22.5. The maximum absolute atomic E-state index is 8.89. The molecule has 0 saturated heterocycles. The van der Waals surface area contributed by atoms with E-state index in [4.69, 9.17) is 10.9 Å². The number of oxime groups is 1. The average Bonchev–Trinajstić information content (AvgIpc) is 2.64. The molecule has 148 valence electrons. The zero-order valence-electron chi connectivity index (χ0n) is 17.0. The summed E-state index contributed by atoms with van der Waals surface area (Å²) in [4.78, 5) is 0. The highest BCUT2D eigenvalue weighted by atomic mass is 16.4. The van der Waals surface area contributed by atoms with Gasteiger partial charge in [-0.15, -0.1) is 0 Å². The number of unbranched alkanes of at least 4 members (excludes halogenated alkanes) is 7. The Morgan fingerprint density at radius 3 is 2.04 bits per heavy atom. The van der Waals surface area contributed by atoms with Gasteiger partial charge in [0.1, 0.15) is 0 Å². The molecule has 4 nitrogen and oxygen atoms in total. The Balaban J connectivity index is 2.26. The van der Waals surface area contributed by atoms with Gasteiger partial charge in [-0.2, -0.15) is 0 Å². The van der Waals surface area contributed by atoms with E-state index < -0.39 is 0 Å². The standard InChI is InChI=1S/C22H39N3O/c1-4-5-6-7-8-9-10-11-12-19-13-15-20(16-14-19)17-24-21(18(2)3)22(23)25-26/h13-16,18,21,24,26H,4-12,17H2,1-3H3,(H2,23,25). The molecule has 4 heteroatoms. The van der Waals surface area contributed by atoms with Crippen molar-refractivity contribution in [2.75, 3.05) is 0 Å². The molecule has 1 unspecified atom stereocenters. The van der Waals surface area contributed by atoms with Crippen LogP contribution >= 0.6 is 0 Å². The van der Waals surface area contributed by atoms with Crippen molar-refractivity contribution < 1.29 is 5.21 Å². The van der Waals surface area contributed by atoms with E-state index in [0.29, 0.717) is 0 Å². The predicted octanol–water partition coefficient (Wildman–Crippen LogP) is 5.23. The smallest absolute Gasteiger partial charge is 0.156 e. The lowest BCUT2D eigenvalue weighted by molar-refractivity contribution is 0.311. The molecule has 4 N–H and O–H groups in total. The number of nitrogens with two attached hydrogens (primary N) is 1.